The molecule has 0 saturated carbocycles. The van der Waals surface area contributed by atoms with E-state index in [1.807, 2.05) is 6.07 Å². The molecule has 2 unspecified atom stereocenters. The zero-order valence-electron chi connectivity index (χ0n) is 26.1. The number of halogens is 3. The highest BCUT2D eigenvalue weighted by Crippen LogP contribution is 2.25. The predicted octanol–water partition coefficient (Wildman–Crippen LogP) is 3.39. The number of aliphatic hydroxyl groups excluding tert-OH is 1. The van der Waals surface area contributed by atoms with Crippen molar-refractivity contribution in [3.8, 4) is 0 Å². The fraction of sp³-hybridized carbons (Fsp3) is 0.485. The first kappa shape index (κ1) is 37.9. The number of nitrogens with two attached hydrogens (primary N) is 1. The predicted molar refractivity (Wildman–Crippen MR) is 162 cm³/mol. The van der Waals surface area contributed by atoms with Crippen molar-refractivity contribution in [2.45, 2.75) is 83.8 Å². The average molecular weight is 650 g/mol. The van der Waals surface area contributed by atoms with Crippen molar-refractivity contribution in [3.05, 3.63) is 71.8 Å². The first-order chi connectivity index (χ1) is 21.6. The number of amides is 3. The average Bonchev–Trinajstić information content (AvgIpc) is 3.00. The molecular formula is C33H42F3N3O7. The number of rotatable bonds is 18. The molecule has 2 aromatic rings. The van der Waals surface area contributed by atoms with Crippen LogP contribution in [0.3, 0.4) is 0 Å². The molecule has 252 valence electrons. The summed E-state index contributed by atoms with van der Waals surface area (Å²) in [6.07, 6.45) is -9.78. The Morgan fingerprint density at radius 2 is 1.41 bits per heavy atom. The van der Waals surface area contributed by atoms with E-state index < -0.39 is 84.9 Å². The summed E-state index contributed by atoms with van der Waals surface area (Å²) in [6.45, 7) is 4.85. The molecule has 2 rings (SSSR count). The van der Waals surface area contributed by atoms with E-state index in [2.05, 4.69) is 10.6 Å². The van der Waals surface area contributed by atoms with Crippen molar-refractivity contribution >= 4 is 29.5 Å². The van der Waals surface area contributed by atoms with Gasteiger partial charge in [0.1, 0.15) is 6.61 Å². The van der Waals surface area contributed by atoms with Gasteiger partial charge in [-0.15, -0.1) is 0 Å². The summed E-state index contributed by atoms with van der Waals surface area (Å²) in [5, 5.41) is 14.5. The van der Waals surface area contributed by atoms with Crippen LogP contribution in [0.5, 0.6) is 0 Å². The molecule has 13 heteroatoms. The van der Waals surface area contributed by atoms with Crippen molar-refractivity contribution in [2.75, 3.05) is 0 Å². The van der Waals surface area contributed by atoms with E-state index in [-0.39, 0.29) is 25.4 Å². The largest absolute Gasteiger partial charge is 0.461 e. The minimum atomic E-state index is -5.08. The Balaban J connectivity index is 2.15. The second-order valence-electron chi connectivity index (χ2n) is 11.6. The summed E-state index contributed by atoms with van der Waals surface area (Å²) < 4.78 is 44.9. The molecule has 2 aromatic carbocycles. The third kappa shape index (κ3) is 13.0. The maximum absolute atomic E-state index is 13.5. The summed E-state index contributed by atoms with van der Waals surface area (Å²) in [6, 6.07) is 14.8. The van der Waals surface area contributed by atoms with E-state index in [9.17, 15) is 42.3 Å². The molecule has 0 aliphatic heterocycles. The van der Waals surface area contributed by atoms with Gasteiger partial charge in [-0.05, 0) is 29.9 Å². The van der Waals surface area contributed by atoms with E-state index >= 15 is 0 Å². The van der Waals surface area contributed by atoms with Gasteiger partial charge in [0.15, 0.2) is 11.9 Å². The normalized spacial score (nSPS) is 14.8. The minimum absolute atomic E-state index is 0.0323. The Morgan fingerprint density at radius 1 is 0.848 bits per heavy atom. The number of hydrogen-bond donors (Lipinski definition) is 4. The number of aliphatic hydroxyl groups is 1. The molecule has 0 spiro atoms. The molecule has 0 aliphatic carbocycles. The zero-order chi connectivity index (χ0) is 34.4. The molecule has 0 fully saturated rings. The second-order valence-corrected chi connectivity index (χ2v) is 11.6. The topological polar surface area (TPSA) is 165 Å². The molecule has 5 N–H and O–H groups in total. The maximum Gasteiger partial charge on any atom is 0.416 e. The number of carbonyl (C=O) groups is 5. The first-order valence-electron chi connectivity index (χ1n) is 15.0. The number of primary amides is 1. The molecule has 0 heterocycles. The van der Waals surface area contributed by atoms with Crippen LogP contribution >= 0.6 is 0 Å². The number of Topliss-reactive ketones (excluding diaryl/α,β-unsaturated/α-hetero) is 1. The SMILES string of the molecule is CC(C)[C@H](CC(=O)OCc1ccccc1)C(=O)N[C@@H](Cc1ccccc1)C(=O)C[C@@H](C)C(=O)NC(CCC(N)=O)C(O)C(F)(F)F. The number of carbonyl (C=O) groups excluding carboxylic acids is 5. The van der Waals surface area contributed by atoms with Gasteiger partial charge >= 0.3 is 12.1 Å². The van der Waals surface area contributed by atoms with Crippen molar-refractivity contribution in [2.24, 2.45) is 23.5 Å². The maximum atomic E-state index is 13.5. The number of nitrogens with one attached hydrogen (secondary N) is 2. The molecule has 0 saturated heterocycles. The van der Waals surface area contributed by atoms with Crippen LogP contribution in [-0.4, -0.2) is 58.9 Å². The summed E-state index contributed by atoms with van der Waals surface area (Å²) in [7, 11) is 0. The van der Waals surface area contributed by atoms with Crippen LogP contribution in [0.2, 0.25) is 0 Å². The van der Waals surface area contributed by atoms with E-state index in [1.54, 1.807) is 68.4 Å². The molecule has 3 amide bonds. The number of hydrogen-bond acceptors (Lipinski definition) is 7. The second kappa shape index (κ2) is 18.0. The molecule has 5 atom stereocenters. The van der Waals surface area contributed by atoms with Crippen LogP contribution in [0.4, 0.5) is 13.2 Å². The van der Waals surface area contributed by atoms with Gasteiger partial charge in [-0.1, -0.05) is 81.4 Å². The number of esters is 1. The molecular weight excluding hydrogens is 607 g/mol. The van der Waals surface area contributed by atoms with Crippen molar-refractivity contribution in [3.63, 3.8) is 0 Å². The van der Waals surface area contributed by atoms with Crippen molar-refractivity contribution < 1.29 is 47.0 Å². The Hall–Kier alpha value is -4.26. The Bertz CT molecular complexity index is 1310. The Morgan fingerprint density at radius 3 is 1.93 bits per heavy atom. The van der Waals surface area contributed by atoms with E-state index in [4.69, 9.17) is 10.5 Å². The van der Waals surface area contributed by atoms with Gasteiger partial charge in [0.2, 0.25) is 17.7 Å². The summed E-state index contributed by atoms with van der Waals surface area (Å²) in [5.41, 5.74) is 6.50. The van der Waals surface area contributed by atoms with Gasteiger partial charge in [-0.25, -0.2) is 0 Å². The molecule has 0 aromatic heterocycles. The number of benzene rings is 2. The summed E-state index contributed by atoms with van der Waals surface area (Å²) in [5.74, 6) is -5.92. The fourth-order valence-corrected chi connectivity index (χ4v) is 4.68. The lowest BCUT2D eigenvalue weighted by atomic mass is 9.89. The van der Waals surface area contributed by atoms with E-state index in [1.165, 1.54) is 6.92 Å². The molecule has 10 nitrogen and oxygen atoms in total. The van der Waals surface area contributed by atoms with E-state index in [0.717, 1.165) is 5.56 Å². The highest BCUT2D eigenvalue weighted by Gasteiger charge is 2.44. The first-order valence-corrected chi connectivity index (χ1v) is 15.0. The van der Waals surface area contributed by atoms with Gasteiger partial charge in [0.25, 0.3) is 0 Å². The summed E-state index contributed by atoms with van der Waals surface area (Å²) in [4.78, 5) is 63.5. The lowest BCUT2D eigenvalue weighted by Crippen LogP contribution is -2.52. The number of alkyl halides is 3. The third-order valence-corrected chi connectivity index (χ3v) is 7.46. The molecule has 0 bridgehead atoms. The quantitative estimate of drug-likeness (QED) is 0.180. The van der Waals surface area contributed by atoms with E-state index in [0.29, 0.717) is 5.56 Å². The van der Waals surface area contributed by atoms with Gasteiger partial charge in [0.05, 0.1) is 24.4 Å². The van der Waals surface area contributed by atoms with Crippen LogP contribution in [0, 0.1) is 17.8 Å². The van der Waals surface area contributed by atoms with Crippen LogP contribution in [-0.2, 0) is 41.7 Å². The number of ether oxygens (including phenoxy) is 1. The molecule has 46 heavy (non-hydrogen) atoms. The van der Waals surface area contributed by atoms with Crippen LogP contribution < -0.4 is 16.4 Å². The van der Waals surface area contributed by atoms with Crippen LogP contribution in [0.25, 0.3) is 0 Å². The van der Waals surface area contributed by atoms with Gasteiger partial charge < -0.3 is 26.2 Å². The Labute approximate surface area is 266 Å². The van der Waals surface area contributed by atoms with Crippen LogP contribution in [0.1, 0.15) is 57.6 Å². The highest BCUT2D eigenvalue weighted by atomic mass is 19.4. The molecule has 0 aliphatic rings. The van der Waals surface area contributed by atoms with Crippen molar-refractivity contribution in [1.82, 2.24) is 10.6 Å². The lowest BCUT2D eigenvalue weighted by molar-refractivity contribution is -0.213. The standard InChI is InChI=1S/C33H42F3N3O7/c1-20(2)24(18-29(42)46-19-23-12-8-5-9-13-23)32(45)39-26(17-22-10-6-4-7-11-22)27(40)16-21(3)31(44)38-25(14-15-28(37)41)30(43)33(34,35)36/h4-13,20-21,24-26,30,43H,14-19H2,1-3H3,(H2,37,41)(H,38,44)(H,39,45)/t21-,24+,25?,26+,30?/m1/s1. The van der Waals surface area contributed by atoms with Gasteiger partial charge in [0, 0.05) is 18.8 Å². The summed E-state index contributed by atoms with van der Waals surface area (Å²) >= 11 is 0. The smallest absolute Gasteiger partial charge is 0.416 e. The van der Waals surface area contributed by atoms with Gasteiger partial charge in [-0.2, -0.15) is 13.2 Å². The third-order valence-electron chi connectivity index (χ3n) is 7.46. The monoisotopic (exact) mass is 649 g/mol. The fourth-order valence-electron chi connectivity index (χ4n) is 4.68. The van der Waals surface area contributed by atoms with Gasteiger partial charge in [-0.3, -0.25) is 24.0 Å². The zero-order valence-corrected chi connectivity index (χ0v) is 26.1. The number of ketones is 1. The lowest BCUT2D eigenvalue weighted by Gasteiger charge is -2.27. The van der Waals surface area contributed by atoms with Crippen LogP contribution in [0.15, 0.2) is 60.7 Å². The van der Waals surface area contributed by atoms with Crippen molar-refractivity contribution in [1.29, 1.82) is 0 Å². The Kier molecular flexibility index (Phi) is 14.9. The molecule has 0 radical (unpaired) electrons. The highest BCUT2D eigenvalue weighted by molar-refractivity contribution is 5.93. The minimum Gasteiger partial charge on any atom is -0.461 e.